The highest BCUT2D eigenvalue weighted by Crippen LogP contribution is 2.33. The van der Waals surface area contributed by atoms with Gasteiger partial charge in [-0.1, -0.05) is 6.07 Å². The summed E-state index contributed by atoms with van der Waals surface area (Å²) in [5, 5.41) is 18.2. The molecule has 2 bridgehead atoms. The minimum absolute atomic E-state index is 0.00398. The monoisotopic (exact) mass is 405 g/mol. The van der Waals surface area contributed by atoms with Gasteiger partial charge in [0.25, 0.3) is 5.91 Å². The molecule has 0 spiro atoms. The van der Waals surface area contributed by atoms with Gasteiger partial charge in [0.05, 0.1) is 24.1 Å². The molecule has 0 fully saturated rings. The van der Waals surface area contributed by atoms with E-state index in [1.54, 1.807) is 12.1 Å². The van der Waals surface area contributed by atoms with Crippen molar-refractivity contribution >= 4 is 23.9 Å². The van der Waals surface area contributed by atoms with Crippen LogP contribution in [0.1, 0.15) is 34.5 Å². The molecule has 0 radical (unpaired) electrons. The van der Waals surface area contributed by atoms with Crippen LogP contribution in [-0.2, 0) is 6.18 Å². The number of hydrogen-bond acceptors (Lipinski definition) is 5. The third-order valence-corrected chi connectivity index (χ3v) is 4.28. The van der Waals surface area contributed by atoms with Gasteiger partial charge in [-0.2, -0.15) is 13.2 Å². The van der Waals surface area contributed by atoms with E-state index in [-0.39, 0.29) is 35.3 Å². The number of amidine groups is 1. The molecule has 1 amide bonds. The van der Waals surface area contributed by atoms with Crippen LogP contribution in [0.25, 0.3) is 0 Å². The molecular formula is C19H18F3N5O2. The second-order valence-corrected chi connectivity index (χ2v) is 6.30. The second kappa shape index (κ2) is 8.29. The molecule has 2 heterocycles. The number of carbonyl (C=O) groups excluding carboxylic acids is 1. The summed E-state index contributed by atoms with van der Waals surface area (Å²) in [6, 6.07) is 7.37. The standard InChI is InChI=1S/C19H18F3N5O2/c20-19(21,22)12-6-7-13-15(10-12)29-9-2-1-8-27(11-23)17(24)14-4-3-5-16(25-14)26-18(13)28/h3-7,10-11,23-24H,1-2,8-9H2,(H,25,26,28). The first-order valence-electron chi connectivity index (χ1n) is 8.78. The Morgan fingerprint density at radius 3 is 2.72 bits per heavy atom. The van der Waals surface area contributed by atoms with E-state index < -0.39 is 17.6 Å². The molecule has 2 aromatic rings. The van der Waals surface area contributed by atoms with E-state index in [0.29, 0.717) is 19.4 Å². The third-order valence-electron chi connectivity index (χ3n) is 4.28. The van der Waals surface area contributed by atoms with Gasteiger partial charge in [-0.05, 0) is 43.2 Å². The van der Waals surface area contributed by atoms with Crippen molar-refractivity contribution in [3.05, 3.63) is 53.2 Å². The van der Waals surface area contributed by atoms with Gasteiger partial charge < -0.3 is 15.0 Å². The van der Waals surface area contributed by atoms with Crippen LogP contribution in [0.2, 0.25) is 0 Å². The Balaban J connectivity index is 1.99. The van der Waals surface area contributed by atoms with Crippen molar-refractivity contribution in [2.45, 2.75) is 19.0 Å². The van der Waals surface area contributed by atoms with E-state index >= 15 is 0 Å². The lowest BCUT2D eigenvalue weighted by Gasteiger charge is -2.20. The number of anilines is 1. The number of aromatic nitrogens is 1. The van der Waals surface area contributed by atoms with Crippen molar-refractivity contribution in [3.63, 3.8) is 0 Å². The number of alkyl halides is 3. The van der Waals surface area contributed by atoms with Crippen molar-refractivity contribution in [1.82, 2.24) is 9.88 Å². The van der Waals surface area contributed by atoms with Crippen molar-refractivity contribution in [3.8, 4) is 5.75 Å². The van der Waals surface area contributed by atoms with Gasteiger partial charge in [0, 0.05) is 6.54 Å². The lowest BCUT2D eigenvalue weighted by molar-refractivity contribution is -0.137. The minimum Gasteiger partial charge on any atom is -0.493 e. The zero-order valence-electron chi connectivity index (χ0n) is 15.2. The van der Waals surface area contributed by atoms with E-state index in [4.69, 9.17) is 15.6 Å². The Morgan fingerprint density at radius 1 is 1.21 bits per heavy atom. The molecule has 0 saturated heterocycles. The Bertz CT molecular complexity index is 946. The summed E-state index contributed by atoms with van der Waals surface area (Å²) in [4.78, 5) is 18.2. The first-order chi connectivity index (χ1) is 13.8. The Hall–Kier alpha value is -3.43. The van der Waals surface area contributed by atoms with Crippen molar-refractivity contribution in [2.75, 3.05) is 18.5 Å². The molecule has 29 heavy (non-hydrogen) atoms. The summed E-state index contributed by atoms with van der Waals surface area (Å²) < 4.78 is 44.6. The Labute approximate surface area is 164 Å². The molecule has 10 heteroatoms. The number of hydrogen-bond donors (Lipinski definition) is 3. The van der Waals surface area contributed by atoms with Gasteiger partial charge in [-0.25, -0.2) is 4.98 Å². The number of fused-ring (bicyclic) bond motifs is 3. The predicted octanol–water partition coefficient (Wildman–Crippen LogP) is 3.76. The molecule has 0 saturated carbocycles. The average Bonchev–Trinajstić information content (AvgIpc) is 2.69. The quantitative estimate of drug-likeness (QED) is 0.497. The van der Waals surface area contributed by atoms with Gasteiger partial charge in [-0.3, -0.25) is 15.6 Å². The van der Waals surface area contributed by atoms with Gasteiger partial charge in [0.15, 0.2) is 5.84 Å². The summed E-state index contributed by atoms with van der Waals surface area (Å²) in [7, 11) is 0. The maximum atomic E-state index is 13.0. The van der Waals surface area contributed by atoms with Crippen molar-refractivity contribution < 1.29 is 22.7 Å². The molecule has 1 aromatic heterocycles. The summed E-state index contributed by atoms with van der Waals surface area (Å²) in [6.45, 7) is 0.434. The number of amides is 1. The zero-order chi connectivity index (χ0) is 21.0. The van der Waals surface area contributed by atoms with E-state index in [1.165, 1.54) is 11.0 Å². The number of halogens is 3. The average molecular weight is 405 g/mol. The molecule has 0 unspecified atom stereocenters. The van der Waals surface area contributed by atoms with Crippen LogP contribution in [-0.4, -0.2) is 41.1 Å². The fraction of sp³-hybridized carbons (Fsp3) is 0.263. The third kappa shape index (κ3) is 4.71. The number of ether oxygens (including phenoxy) is 1. The van der Waals surface area contributed by atoms with Crippen LogP contribution in [0.3, 0.4) is 0 Å². The summed E-state index contributed by atoms with van der Waals surface area (Å²) >= 11 is 0. The molecule has 0 atom stereocenters. The van der Waals surface area contributed by atoms with Gasteiger partial charge >= 0.3 is 6.18 Å². The number of nitrogens with zero attached hydrogens (tertiary/aromatic N) is 2. The summed E-state index contributed by atoms with van der Waals surface area (Å²) in [5.41, 5.74) is -0.695. The SMILES string of the molecule is N=CN1CCCCOc2cc(C(F)(F)F)ccc2C(=O)Nc2cccc(n2)C1=N. The first-order valence-corrected chi connectivity index (χ1v) is 8.78. The first kappa shape index (κ1) is 20.3. The van der Waals surface area contributed by atoms with E-state index in [0.717, 1.165) is 24.5 Å². The number of carbonyl (C=O) groups is 1. The number of benzene rings is 1. The predicted molar refractivity (Wildman–Crippen MR) is 101 cm³/mol. The van der Waals surface area contributed by atoms with Crippen molar-refractivity contribution in [1.29, 1.82) is 10.8 Å². The molecule has 1 aliphatic rings. The molecule has 0 aliphatic carbocycles. The van der Waals surface area contributed by atoms with E-state index in [2.05, 4.69) is 10.3 Å². The Morgan fingerprint density at radius 2 is 2.00 bits per heavy atom. The number of pyridine rings is 1. The van der Waals surface area contributed by atoms with Gasteiger partial charge in [0.1, 0.15) is 17.3 Å². The lowest BCUT2D eigenvalue weighted by Crippen LogP contribution is -2.31. The molecule has 7 nitrogen and oxygen atoms in total. The highest BCUT2D eigenvalue weighted by atomic mass is 19.4. The van der Waals surface area contributed by atoms with Crippen LogP contribution in [0.4, 0.5) is 19.0 Å². The van der Waals surface area contributed by atoms with Crippen LogP contribution in [0, 0.1) is 10.8 Å². The lowest BCUT2D eigenvalue weighted by atomic mass is 10.1. The van der Waals surface area contributed by atoms with Crippen molar-refractivity contribution in [2.24, 2.45) is 0 Å². The summed E-state index contributed by atoms with van der Waals surface area (Å²) in [5.74, 6) is -0.706. The molecular weight excluding hydrogens is 387 g/mol. The maximum Gasteiger partial charge on any atom is 0.416 e. The fourth-order valence-corrected chi connectivity index (χ4v) is 2.78. The van der Waals surface area contributed by atoms with E-state index in [1.807, 2.05) is 0 Å². The Kier molecular flexibility index (Phi) is 5.81. The fourth-order valence-electron chi connectivity index (χ4n) is 2.78. The topological polar surface area (TPSA) is 102 Å². The maximum absolute atomic E-state index is 13.0. The zero-order valence-corrected chi connectivity index (χ0v) is 15.2. The van der Waals surface area contributed by atoms with Gasteiger partial charge in [0.2, 0.25) is 0 Å². The van der Waals surface area contributed by atoms with E-state index in [9.17, 15) is 18.0 Å². The highest BCUT2D eigenvalue weighted by molar-refractivity contribution is 6.06. The largest absolute Gasteiger partial charge is 0.493 e. The smallest absolute Gasteiger partial charge is 0.416 e. The second-order valence-electron chi connectivity index (χ2n) is 6.30. The minimum atomic E-state index is -4.56. The van der Waals surface area contributed by atoms with Crippen LogP contribution in [0.15, 0.2) is 36.4 Å². The number of nitrogens with one attached hydrogen (secondary N) is 3. The normalized spacial score (nSPS) is 15.6. The molecule has 3 rings (SSSR count). The molecule has 152 valence electrons. The highest BCUT2D eigenvalue weighted by Gasteiger charge is 2.32. The molecule has 3 N–H and O–H groups in total. The summed E-state index contributed by atoms with van der Waals surface area (Å²) in [6.07, 6.45) is -2.57. The molecule has 1 aromatic carbocycles. The van der Waals surface area contributed by atoms with Gasteiger partial charge in [-0.15, -0.1) is 0 Å². The van der Waals surface area contributed by atoms with Crippen LogP contribution >= 0.6 is 0 Å². The number of rotatable bonds is 1. The van der Waals surface area contributed by atoms with Crippen LogP contribution in [0.5, 0.6) is 5.75 Å². The van der Waals surface area contributed by atoms with Crippen LogP contribution < -0.4 is 10.1 Å². The molecule has 1 aliphatic heterocycles.